The van der Waals surface area contributed by atoms with Gasteiger partial charge < -0.3 is 23.8 Å². The summed E-state index contributed by atoms with van der Waals surface area (Å²) in [5.74, 6) is -1.53. The molecule has 0 N–H and O–H groups in total. The molecule has 47 heavy (non-hydrogen) atoms. The third-order valence-corrected chi connectivity index (χ3v) is 8.64. The Morgan fingerprint density at radius 2 is 1.70 bits per heavy atom. The summed E-state index contributed by atoms with van der Waals surface area (Å²) in [4.78, 5) is 27.8. The Bertz CT molecular complexity index is 1580. The van der Waals surface area contributed by atoms with E-state index in [0.717, 1.165) is 11.1 Å². The average Bonchev–Trinajstić information content (AvgIpc) is 3.06. The lowest BCUT2D eigenvalue weighted by Gasteiger charge is -2.39. The topological polar surface area (TPSA) is 98.1 Å². The van der Waals surface area contributed by atoms with Crippen LogP contribution in [0.15, 0.2) is 60.7 Å². The van der Waals surface area contributed by atoms with Gasteiger partial charge >= 0.3 is 12.1 Å². The molecule has 10 heteroatoms. The van der Waals surface area contributed by atoms with Crippen molar-refractivity contribution in [1.82, 2.24) is 4.90 Å². The van der Waals surface area contributed by atoms with E-state index in [0.29, 0.717) is 31.2 Å². The van der Waals surface area contributed by atoms with E-state index in [2.05, 4.69) is 6.07 Å². The maximum Gasteiger partial charge on any atom is 0.410 e. The summed E-state index contributed by atoms with van der Waals surface area (Å²) in [6.45, 7) is 6.12. The molecule has 0 aromatic heterocycles. The monoisotopic (exact) mass is 664 g/mol. The molecule has 0 spiro atoms. The van der Waals surface area contributed by atoms with Crippen LogP contribution in [-0.2, 0) is 19.0 Å². The van der Waals surface area contributed by atoms with Gasteiger partial charge in [-0.05, 0) is 81.8 Å². The normalized spacial score (nSPS) is 16.9. The number of carbonyl (C=O) groups excluding carboxylic acids is 2. The molecule has 3 aromatic carbocycles. The molecule has 1 amide bonds. The molecule has 3 aromatic rings. The molecule has 0 radical (unpaired) electrons. The number of hydrogen-bond acceptors (Lipinski definition) is 7. The predicted molar refractivity (Wildman–Crippen MR) is 178 cm³/mol. The number of carbonyl (C=O) groups is 2. The highest BCUT2D eigenvalue weighted by Crippen LogP contribution is 2.40. The minimum absolute atomic E-state index is 0.0178. The van der Waals surface area contributed by atoms with Gasteiger partial charge in [0, 0.05) is 41.8 Å². The first-order valence-electron chi connectivity index (χ1n) is 15.7. The number of ether oxygens (including phenoxy) is 4. The minimum atomic E-state index is -0.726. The summed E-state index contributed by atoms with van der Waals surface area (Å²) in [6, 6.07) is 19.9. The molecule has 1 aliphatic carbocycles. The molecule has 1 unspecified atom stereocenters. The molecule has 4 rings (SSSR count). The standard InChI is InChI=1S/C37H42ClFN2O6/c1-37(2,3)47-36(43)41(28-15-11-25(12-16-28)35(42)45-5)23-30(24-9-7-6-8-10-24)26-13-17-31(38)29(21-26)33-27(22-40)14-18-32(34(33)39)46-20-19-44-4/h6-10,13-14,17-18,21,25,28,30H,11-12,15-16,19-20,23H2,1-5H3. The summed E-state index contributed by atoms with van der Waals surface area (Å²) in [6.07, 6.45) is 1.96. The maximum atomic E-state index is 16.0. The highest BCUT2D eigenvalue weighted by atomic mass is 35.5. The number of methoxy groups -OCH3 is 2. The second-order valence-electron chi connectivity index (χ2n) is 12.6. The van der Waals surface area contributed by atoms with Gasteiger partial charge in [0.2, 0.25) is 0 Å². The fraction of sp³-hybridized carbons (Fsp3) is 0.432. The van der Waals surface area contributed by atoms with Gasteiger partial charge in [-0.2, -0.15) is 5.26 Å². The number of nitrogens with zero attached hydrogens (tertiary/aromatic N) is 2. The van der Waals surface area contributed by atoms with Crippen LogP contribution in [0.2, 0.25) is 5.02 Å². The molecule has 8 nitrogen and oxygen atoms in total. The molecular weight excluding hydrogens is 623 g/mol. The van der Waals surface area contributed by atoms with E-state index < -0.39 is 17.5 Å². The first-order valence-corrected chi connectivity index (χ1v) is 16.1. The predicted octanol–water partition coefficient (Wildman–Crippen LogP) is 8.14. The quantitative estimate of drug-likeness (QED) is 0.151. The zero-order chi connectivity index (χ0) is 34.1. The number of esters is 1. The van der Waals surface area contributed by atoms with Crippen LogP contribution in [0.25, 0.3) is 11.1 Å². The third kappa shape index (κ3) is 9.03. The van der Waals surface area contributed by atoms with Crippen LogP contribution < -0.4 is 4.74 Å². The zero-order valence-electron chi connectivity index (χ0n) is 27.6. The van der Waals surface area contributed by atoms with Crippen molar-refractivity contribution in [2.24, 2.45) is 5.92 Å². The van der Waals surface area contributed by atoms with Crippen molar-refractivity contribution < 1.29 is 32.9 Å². The Balaban J connectivity index is 1.78. The second kappa shape index (κ2) is 16.1. The average molecular weight is 665 g/mol. The second-order valence-corrected chi connectivity index (χ2v) is 13.0. The van der Waals surface area contributed by atoms with E-state index in [4.69, 9.17) is 30.5 Å². The van der Waals surface area contributed by atoms with Gasteiger partial charge in [0.25, 0.3) is 0 Å². The smallest absolute Gasteiger partial charge is 0.410 e. The van der Waals surface area contributed by atoms with E-state index in [9.17, 15) is 14.9 Å². The minimum Gasteiger partial charge on any atom is -0.488 e. The number of amides is 1. The van der Waals surface area contributed by atoms with Crippen LogP contribution in [0, 0.1) is 23.1 Å². The van der Waals surface area contributed by atoms with Crippen molar-refractivity contribution in [2.75, 3.05) is 34.0 Å². The molecule has 1 saturated carbocycles. The van der Waals surface area contributed by atoms with Crippen molar-refractivity contribution in [3.05, 3.63) is 88.2 Å². The van der Waals surface area contributed by atoms with Crippen molar-refractivity contribution in [3.8, 4) is 22.9 Å². The number of rotatable bonds is 11. The first kappa shape index (κ1) is 35.7. The maximum absolute atomic E-state index is 16.0. The number of nitriles is 1. The van der Waals surface area contributed by atoms with Gasteiger partial charge in [-0.15, -0.1) is 0 Å². The van der Waals surface area contributed by atoms with Crippen LogP contribution in [0.1, 0.15) is 69.1 Å². The molecule has 1 fully saturated rings. The van der Waals surface area contributed by atoms with E-state index in [1.54, 1.807) is 17.0 Å². The largest absolute Gasteiger partial charge is 0.488 e. The molecule has 0 heterocycles. The Hall–Kier alpha value is -4.13. The van der Waals surface area contributed by atoms with Crippen molar-refractivity contribution >= 4 is 23.7 Å². The molecule has 0 bridgehead atoms. The lowest BCUT2D eigenvalue weighted by atomic mass is 9.84. The van der Waals surface area contributed by atoms with E-state index >= 15 is 4.39 Å². The van der Waals surface area contributed by atoms with Crippen LogP contribution in [0.5, 0.6) is 5.75 Å². The molecule has 1 aliphatic rings. The van der Waals surface area contributed by atoms with E-state index in [-0.39, 0.29) is 65.5 Å². The van der Waals surface area contributed by atoms with Gasteiger partial charge in [0.05, 0.1) is 31.3 Å². The van der Waals surface area contributed by atoms with Gasteiger partial charge in [0.15, 0.2) is 11.6 Å². The first-order chi connectivity index (χ1) is 22.5. The van der Waals surface area contributed by atoms with E-state index in [1.807, 2.05) is 57.2 Å². The van der Waals surface area contributed by atoms with Crippen LogP contribution in [-0.4, -0.2) is 62.6 Å². The molecule has 0 saturated heterocycles. The zero-order valence-corrected chi connectivity index (χ0v) is 28.3. The van der Waals surface area contributed by atoms with Crippen molar-refractivity contribution in [2.45, 2.75) is 64.0 Å². The van der Waals surface area contributed by atoms with Crippen molar-refractivity contribution in [3.63, 3.8) is 0 Å². The Morgan fingerprint density at radius 3 is 2.32 bits per heavy atom. The highest BCUT2D eigenvalue weighted by molar-refractivity contribution is 6.33. The Kier molecular flexibility index (Phi) is 12.3. The highest BCUT2D eigenvalue weighted by Gasteiger charge is 2.36. The summed E-state index contributed by atoms with van der Waals surface area (Å²) in [5.41, 5.74) is 1.44. The summed E-state index contributed by atoms with van der Waals surface area (Å²) in [7, 11) is 2.91. The molecule has 1 atom stereocenters. The fourth-order valence-electron chi connectivity index (χ4n) is 5.98. The summed E-state index contributed by atoms with van der Waals surface area (Å²) < 4.78 is 37.5. The lowest BCUT2D eigenvalue weighted by molar-refractivity contribution is -0.146. The van der Waals surface area contributed by atoms with Gasteiger partial charge in [-0.25, -0.2) is 9.18 Å². The lowest BCUT2D eigenvalue weighted by Crippen LogP contribution is -2.47. The van der Waals surface area contributed by atoms with Crippen molar-refractivity contribution in [1.29, 1.82) is 5.26 Å². The van der Waals surface area contributed by atoms with Gasteiger partial charge in [0.1, 0.15) is 12.2 Å². The number of halogens is 2. The molecular formula is C37H42ClFN2O6. The Labute approximate surface area is 281 Å². The van der Waals surface area contributed by atoms with Crippen LogP contribution in [0.4, 0.5) is 9.18 Å². The van der Waals surface area contributed by atoms with Crippen LogP contribution >= 0.6 is 11.6 Å². The summed E-state index contributed by atoms with van der Waals surface area (Å²) >= 11 is 6.70. The van der Waals surface area contributed by atoms with Crippen LogP contribution in [0.3, 0.4) is 0 Å². The third-order valence-electron chi connectivity index (χ3n) is 8.32. The summed E-state index contributed by atoms with van der Waals surface area (Å²) in [5, 5.41) is 10.2. The van der Waals surface area contributed by atoms with Gasteiger partial charge in [-0.3, -0.25) is 4.79 Å². The number of benzene rings is 3. The van der Waals surface area contributed by atoms with E-state index in [1.165, 1.54) is 26.4 Å². The fourth-order valence-corrected chi connectivity index (χ4v) is 6.19. The molecule has 0 aliphatic heterocycles. The SMILES string of the molecule is COCCOc1ccc(C#N)c(-c2cc(C(CN(C(=O)OC(C)(C)C)C3CCC(C(=O)OC)CC3)c3ccccc3)ccc2Cl)c1F. The molecule has 250 valence electrons. The number of hydrogen-bond donors (Lipinski definition) is 0. The Morgan fingerprint density at radius 1 is 1.00 bits per heavy atom. The van der Waals surface area contributed by atoms with Gasteiger partial charge in [-0.1, -0.05) is 48.0 Å².